The molecule has 0 aliphatic heterocycles. The Hall–Kier alpha value is -2.99. The summed E-state index contributed by atoms with van der Waals surface area (Å²) in [6.07, 6.45) is 0.796. The third-order valence-corrected chi connectivity index (χ3v) is 3.75. The molecule has 0 spiro atoms. The number of benzene rings is 2. The van der Waals surface area contributed by atoms with Gasteiger partial charge < -0.3 is 10.4 Å². The first-order chi connectivity index (χ1) is 11.6. The fourth-order valence-corrected chi connectivity index (χ4v) is 2.43. The molecule has 0 radical (unpaired) electrons. The van der Waals surface area contributed by atoms with Crippen LogP contribution in [0, 0.1) is 6.92 Å². The van der Waals surface area contributed by atoms with Crippen molar-refractivity contribution in [1.29, 1.82) is 0 Å². The lowest BCUT2D eigenvalue weighted by atomic mass is 10.0. The minimum Gasteiger partial charge on any atom is -0.387 e. The highest BCUT2D eigenvalue weighted by Crippen LogP contribution is 2.16. The highest BCUT2D eigenvalue weighted by atomic mass is 16.3. The van der Waals surface area contributed by atoms with E-state index in [0.717, 1.165) is 16.8 Å². The summed E-state index contributed by atoms with van der Waals surface area (Å²) in [5.74, 6) is -0.371. The van der Waals surface area contributed by atoms with E-state index in [1.54, 1.807) is 6.20 Å². The van der Waals surface area contributed by atoms with Crippen LogP contribution in [0.3, 0.4) is 0 Å². The van der Waals surface area contributed by atoms with Crippen LogP contribution in [0.1, 0.15) is 27.7 Å². The van der Waals surface area contributed by atoms with Crippen LogP contribution in [0.4, 0.5) is 0 Å². The summed E-state index contributed by atoms with van der Waals surface area (Å²) >= 11 is 0. The van der Waals surface area contributed by atoms with Crippen LogP contribution in [0.2, 0.25) is 0 Å². The first kappa shape index (κ1) is 15.9. The number of rotatable bonds is 5. The lowest BCUT2D eigenvalue weighted by Gasteiger charge is -2.13. The average molecular weight is 322 g/mol. The van der Waals surface area contributed by atoms with E-state index in [-0.39, 0.29) is 18.1 Å². The zero-order valence-corrected chi connectivity index (χ0v) is 13.3. The number of nitrogens with one attached hydrogen (secondary N) is 1. The third-order valence-electron chi connectivity index (χ3n) is 3.75. The standard InChI is InChI=1S/C18H18N4O2/c1-13-7-5-6-10-15(13)17(23)11-19-18(24)16-12-22(21-20-16)14-8-3-2-4-9-14/h2-10,12,17,23H,11H2,1H3,(H,19,24). The van der Waals surface area contributed by atoms with Gasteiger partial charge in [-0.3, -0.25) is 4.79 Å². The van der Waals surface area contributed by atoms with Crippen LogP contribution in [0.15, 0.2) is 60.8 Å². The maximum atomic E-state index is 12.2. The molecule has 0 saturated heterocycles. The Labute approximate surface area is 139 Å². The number of aliphatic hydroxyl groups is 1. The first-order valence-electron chi connectivity index (χ1n) is 7.64. The van der Waals surface area contributed by atoms with Gasteiger partial charge >= 0.3 is 0 Å². The van der Waals surface area contributed by atoms with Crippen LogP contribution in [0.5, 0.6) is 0 Å². The second kappa shape index (κ2) is 7.06. The van der Waals surface area contributed by atoms with Crippen LogP contribution in [0.25, 0.3) is 5.69 Å². The summed E-state index contributed by atoms with van der Waals surface area (Å²) in [6, 6.07) is 17.0. The van der Waals surface area contributed by atoms with Gasteiger partial charge in [0.1, 0.15) is 0 Å². The molecular formula is C18H18N4O2. The second-order valence-corrected chi connectivity index (χ2v) is 5.47. The summed E-state index contributed by atoms with van der Waals surface area (Å²) in [5, 5.41) is 20.7. The lowest BCUT2D eigenvalue weighted by molar-refractivity contribution is 0.0911. The van der Waals surface area contributed by atoms with E-state index >= 15 is 0 Å². The molecule has 1 aromatic heterocycles. The van der Waals surface area contributed by atoms with Gasteiger partial charge in [-0.2, -0.15) is 0 Å². The van der Waals surface area contributed by atoms with Crippen molar-refractivity contribution in [3.63, 3.8) is 0 Å². The van der Waals surface area contributed by atoms with Crippen molar-refractivity contribution in [3.05, 3.63) is 77.6 Å². The number of para-hydroxylation sites is 1. The van der Waals surface area contributed by atoms with Crippen LogP contribution >= 0.6 is 0 Å². The Morgan fingerprint density at radius 2 is 1.88 bits per heavy atom. The van der Waals surface area contributed by atoms with Gasteiger partial charge in [-0.25, -0.2) is 4.68 Å². The molecule has 0 aliphatic carbocycles. The Bertz CT molecular complexity index is 830. The molecule has 2 aromatic carbocycles. The summed E-state index contributed by atoms with van der Waals surface area (Å²) in [6.45, 7) is 2.04. The predicted molar refractivity (Wildman–Crippen MR) is 89.8 cm³/mol. The molecular weight excluding hydrogens is 304 g/mol. The summed E-state index contributed by atoms with van der Waals surface area (Å²) < 4.78 is 1.53. The predicted octanol–water partition coefficient (Wildman–Crippen LogP) is 2.04. The van der Waals surface area contributed by atoms with Crippen molar-refractivity contribution < 1.29 is 9.90 Å². The molecule has 1 atom stereocenters. The Morgan fingerprint density at radius 3 is 2.62 bits per heavy atom. The van der Waals surface area contributed by atoms with Crippen molar-refractivity contribution in [2.75, 3.05) is 6.54 Å². The van der Waals surface area contributed by atoms with E-state index in [9.17, 15) is 9.90 Å². The Balaban J connectivity index is 1.64. The number of aromatic nitrogens is 3. The summed E-state index contributed by atoms with van der Waals surface area (Å²) in [7, 11) is 0. The van der Waals surface area contributed by atoms with E-state index in [2.05, 4.69) is 15.6 Å². The number of aliphatic hydroxyl groups excluding tert-OH is 1. The molecule has 0 saturated carbocycles. The molecule has 3 rings (SSSR count). The van der Waals surface area contributed by atoms with Gasteiger partial charge in [0, 0.05) is 6.54 Å². The first-order valence-corrected chi connectivity index (χ1v) is 7.64. The van der Waals surface area contributed by atoms with Gasteiger partial charge in [-0.15, -0.1) is 5.10 Å². The topological polar surface area (TPSA) is 80.0 Å². The average Bonchev–Trinajstić information content (AvgIpc) is 3.11. The Morgan fingerprint density at radius 1 is 1.17 bits per heavy atom. The zero-order valence-electron chi connectivity index (χ0n) is 13.3. The third kappa shape index (κ3) is 3.49. The smallest absolute Gasteiger partial charge is 0.273 e. The van der Waals surface area contributed by atoms with E-state index in [1.165, 1.54) is 4.68 Å². The summed E-state index contributed by atoms with van der Waals surface area (Å²) in [5.41, 5.74) is 2.81. The van der Waals surface area contributed by atoms with Crippen LogP contribution in [-0.2, 0) is 0 Å². The molecule has 3 aromatic rings. The molecule has 24 heavy (non-hydrogen) atoms. The normalized spacial score (nSPS) is 11.9. The van der Waals surface area contributed by atoms with Crippen molar-refractivity contribution in [3.8, 4) is 5.69 Å². The van der Waals surface area contributed by atoms with E-state index in [0.29, 0.717) is 0 Å². The zero-order chi connectivity index (χ0) is 16.9. The number of nitrogens with zero attached hydrogens (tertiary/aromatic N) is 3. The molecule has 2 N–H and O–H groups in total. The molecule has 0 fully saturated rings. The van der Waals surface area contributed by atoms with Gasteiger partial charge in [0.05, 0.1) is 18.0 Å². The molecule has 0 bridgehead atoms. The minimum atomic E-state index is -0.765. The molecule has 6 nitrogen and oxygen atoms in total. The molecule has 0 aliphatic rings. The number of hydrogen-bond donors (Lipinski definition) is 2. The number of hydrogen-bond acceptors (Lipinski definition) is 4. The maximum Gasteiger partial charge on any atom is 0.273 e. The van der Waals surface area contributed by atoms with Crippen molar-refractivity contribution in [1.82, 2.24) is 20.3 Å². The molecule has 6 heteroatoms. The number of carbonyl (C=O) groups is 1. The van der Waals surface area contributed by atoms with E-state index < -0.39 is 6.10 Å². The minimum absolute atomic E-state index is 0.113. The highest BCUT2D eigenvalue weighted by molar-refractivity contribution is 5.91. The number of aryl methyl sites for hydroxylation is 1. The number of amides is 1. The van der Waals surface area contributed by atoms with Gasteiger partial charge in [0.25, 0.3) is 5.91 Å². The fraction of sp³-hybridized carbons (Fsp3) is 0.167. The fourth-order valence-electron chi connectivity index (χ4n) is 2.43. The molecule has 1 heterocycles. The van der Waals surface area contributed by atoms with E-state index in [1.807, 2.05) is 61.5 Å². The molecule has 1 unspecified atom stereocenters. The highest BCUT2D eigenvalue weighted by Gasteiger charge is 2.15. The molecule has 122 valence electrons. The van der Waals surface area contributed by atoms with Gasteiger partial charge in [-0.05, 0) is 30.2 Å². The monoisotopic (exact) mass is 322 g/mol. The SMILES string of the molecule is Cc1ccccc1C(O)CNC(=O)c1cn(-c2ccccc2)nn1. The van der Waals surface area contributed by atoms with Crippen LogP contribution in [-0.4, -0.2) is 32.6 Å². The number of carbonyl (C=O) groups excluding carboxylic acids is 1. The second-order valence-electron chi connectivity index (χ2n) is 5.47. The van der Waals surface area contributed by atoms with Crippen LogP contribution < -0.4 is 5.32 Å². The van der Waals surface area contributed by atoms with Crippen molar-refractivity contribution in [2.24, 2.45) is 0 Å². The van der Waals surface area contributed by atoms with E-state index in [4.69, 9.17) is 0 Å². The largest absolute Gasteiger partial charge is 0.387 e. The van der Waals surface area contributed by atoms with Gasteiger partial charge in [0.15, 0.2) is 5.69 Å². The lowest BCUT2D eigenvalue weighted by Crippen LogP contribution is -2.28. The molecule has 1 amide bonds. The Kier molecular flexibility index (Phi) is 4.67. The maximum absolute atomic E-state index is 12.2. The van der Waals surface area contributed by atoms with Gasteiger partial charge in [-0.1, -0.05) is 47.7 Å². The van der Waals surface area contributed by atoms with Crippen molar-refractivity contribution in [2.45, 2.75) is 13.0 Å². The van der Waals surface area contributed by atoms with Gasteiger partial charge in [0.2, 0.25) is 0 Å². The van der Waals surface area contributed by atoms with Crippen molar-refractivity contribution >= 4 is 5.91 Å². The summed E-state index contributed by atoms with van der Waals surface area (Å²) in [4.78, 5) is 12.2. The quantitative estimate of drug-likeness (QED) is 0.753.